The highest BCUT2D eigenvalue weighted by Crippen LogP contribution is 2.15. The molecule has 0 spiro atoms. The summed E-state index contributed by atoms with van der Waals surface area (Å²) in [6.07, 6.45) is 2.69. The van der Waals surface area contributed by atoms with Crippen molar-refractivity contribution in [2.45, 2.75) is 26.7 Å². The molecule has 2 atom stereocenters. The summed E-state index contributed by atoms with van der Waals surface area (Å²) in [6.45, 7) is 4.57. The van der Waals surface area contributed by atoms with Crippen LogP contribution < -0.4 is 0 Å². The van der Waals surface area contributed by atoms with Gasteiger partial charge in [-0.2, -0.15) is 0 Å². The third-order valence-corrected chi connectivity index (χ3v) is 3.89. The van der Waals surface area contributed by atoms with Crippen LogP contribution in [0.4, 0.5) is 0 Å². The average Bonchev–Trinajstić information content (AvgIpc) is 1.99. The van der Waals surface area contributed by atoms with Crippen LogP contribution >= 0.6 is 31.9 Å². The molecule has 0 saturated carbocycles. The first-order valence-electron chi connectivity index (χ1n) is 3.82. The van der Waals surface area contributed by atoms with Crippen LogP contribution in [0.1, 0.15) is 26.7 Å². The molecule has 0 rings (SSSR count). The first-order valence-corrected chi connectivity index (χ1v) is 6.07. The molecule has 0 aliphatic carbocycles. The van der Waals surface area contributed by atoms with Crippen LogP contribution in [0.2, 0.25) is 0 Å². The second kappa shape index (κ2) is 6.66. The van der Waals surface area contributed by atoms with Gasteiger partial charge in [-0.15, -0.1) is 0 Å². The maximum atomic E-state index is 3.48. The molecule has 0 radical (unpaired) electrons. The van der Waals surface area contributed by atoms with Gasteiger partial charge in [-0.1, -0.05) is 45.7 Å². The highest BCUT2D eigenvalue weighted by atomic mass is 79.9. The predicted octanol–water partition coefficient (Wildman–Crippen LogP) is 3.83. The summed E-state index contributed by atoms with van der Waals surface area (Å²) in [5.41, 5.74) is 0. The van der Waals surface area contributed by atoms with E-state index < -0.39 is 0 Å². The minimum Gasteiger partial charge on any atom is -0.0925 e. The van der Waals surface area contributed by atoms with Crippen molar-refractivity contribution in [3.05, 3.63) is 0 Å². The summed E-state index contributed by atoms with van der Waals surface area (Å²) in [5.74, 6) is 1.67. The molecule has 0 aliphatic heterocycles. The predicted molar refractivity (Wildman–Crippen MR) is 55.2 cm³/mol. The van der Waals surface area contributed by atoms with E-state index in [0.717, 1.165) is 22.5 Å². The molecule has 0 amide bonds. The van der Waals surface area contributed by atoms with Gasteiger partial charge in [-0.3, -0.25) is 0 Å². The van der Waals surface area contributed by atoms with Gasteiger partial charge in [0.05, 0.1) is 0 Å². The van der Waals surface area contributed by atoms with E-state index in [1.165, 1.54) is 12.8 Å². The summed E-state index contributed by atoms with van der Waals surface area (Å²) in [5, 5.41) is 2.28. The van der Waals surface area contributed by atoms with Gasteiger partial charge in [0.25, 0.3) is 0 Å². The molecule has 0 aromatic carbocycles. The topological polar surface area (TPSA) is 0 Å². The molecule has 0 fully saturated rings. The molecule has 0 aromatic rings. The smallest absolute Gasteiger partial charge is 0.00570 e. The second-order valence-electron chi connectivity index (χ2n) is 3.10. The molecule has 10 heavy (non-hydrogen) atoms. The Hall–Kier alpha value is 0.960. The van der Waals surface area contributed by atoms with E-state index in [1.807, 2.05) is 0 Å². The van der Waals surface area contributed by atoms with E-state index in [1.54, 1.807) is 0 Å². The van der Waals surface area contributed by atoms with Crippen LogP contribution in [0.15, 0.2) is 0 Å². The van der Waals surface area contributed by atoms with E-state index >= 15 is 0 Å². The molecular formula is C8H16Br2. The van der Waals surface area contributed by atoms with Gasteiger partial charge in [0.1, 0.15) is 0 Å². The Kier molecular flexibility index (Phi) is 7.30. The van der Waals surface area contributed by atoms with Crippen molar-refractivity contribution in [2.75, 3.05) is 10.7 Å². The van der Waals surface area contributed by atoms with Crippen LogP contribution in [0, 0.1) is 11.8 Å². The van der Waals surface area contributed by atoms with Gasteiger partial charge >= 0.3 is 0 Å². The third-order valence-electron chi connectivity index (χ3n) is 1.68. The molecule has 2 heteroatoms. The Morgan fingerprint density at radius 1 is 0.900 bits per heavy atom. The van der Waals surface area contributed by atoms with Crippen LogP contribution in [0.3, 0.4) is 0 Å². The van der Waals surface area contributed by atoms with E-state index in [0.29, 0.717) is 0 Å². The molecular weight excluding hydrogens is 256 g/mol. The van der Waals surface area contributed by atoms with Crippen LogP contribution in [0.25, 0.3) is 0 Å². The Bertz CT molecular complexity index is 63.7. The lowest BCUT2D eigenvalue weighted by atomic mass is 10.0. The summed E-state index contributed by atoms with van der Waals surface area (Å²) >= 11 is 6.95. The monoisotopic (exact) mass is 270 g/mol. The first kappa shape index (κ1) is 11.0. The molecule has 0 bridgehead atoms. The molecule has 0 N–H and O–H groups in total. The minimum absolute atomic E-state index is 0.835. The van der Waals surface area contributed by atoms with Crippen LogP contribution in [-0.2, 0) is 0 Å². The lowest BCUT2D eigenvalue weighted by Crippen LogP contribution is -2.01. The highest BCUT2D eigenvalue weighted by Gasteiger charge is 2.03. The molecule has 0 aromatic heterocycles. The molecule has 0 unspecified atom stereocenters. The summed E-state index contributed by atoms with van der Waals surface area (Å²) in [7, 11) is 0. The van der Waals surface area contributed by atoms with E-state index in [2.05, 4.69) is 45.7 Å². The SMILES string of the molecule is C[C@@H](CBr)CC[C@@H](C)CBr. The largest absolute Gasteiger partial charge is 0.0925 e. The van der Waals surface area contributed by atoms with Crippen LogP contribution in [0.5, 0.6) is 0 Å². The van der Waals surface area contributed by atoms with Crippen molar-refractivity contribution < 1.29 is 0 Å². The zero-order chi connectivity index (χ0) is 7.98. The van der Waals surface area contributed by atoms with E-state index in [9.17, 15) is 0 Å². The number of halogens is 2. The van der Waals surface area contributed by atoms with Gasteiger partial charge in [-0.05, 0) is 24.7 Å². The third kappa shape index (κ3) is 5.72. The number of hydrogen-bond donors (Lipinski definition) is 0. The Labute approximate surface area is 81.0 Å². The number of alkyl halides is 2. The Morgan fingerprint density at radius 3 is 1.40 bits per heavy atom. The average molecular weight is 272 g/mol. The standard InChI is InChI=1S/C8H16Br2/c1-7(5-9)3-4-8(2)6-10/h7-8H,3-6H2,1-2H3/t7-,8-/m1/s1. The summed E-state index contributed by atoms with van der Waals surface area (Å²) in [4.78, 5) is 0. The second-order valence-corrected chi connectivity index (χ2v) is 4.39. The van der Waals surface area contributed by atoms with Crippen molar-refractivity contribution >= 4 is 31.9 Å². The number of hydrogen-bond acceptors (Lipinski definition) is 0. The quantitative estimate of drug-likeness (QED) is 0.667. The van der Waals surface area contributed by atoms with Crippen molar-refractivity contribution in [1.29, 1.82) is 0 Å². The first-order chi connectivity index (χ1) is 4.70. The van der Waals surface area contributed by atoms with Gasteiger partial charge in [0.2, 0.25) is 0 Å². The van der Waals surface area contributed by atoms with E-state index in [-0.39, 0.29) is 0 Å². The van der Waals surface area contributed by atoms with Gasteiger partial charge in [0, 0.05) is 10.7 Å². The Balaban J connectivity index is 3.17. The fraction of sp³-hybridized carbons (Fsp3) is 1.00. The highest BCUT2D eigenvalue weighted by molar-refractivity contribution is 9.09. The van der Waals surface area contributed by atoms with Crippen molar-refractivity contribution in [2.24, 2.45) is 11.8 Å². The molecule has 0 nitrogen and oxygen atoms in total. The van der Waals surface area contributed by atoms with Crippen molar-refractivity contribution in [3.63, 3.8) is 0 Å². The van der Waals surface area contributed by atoms with Crippen LogP contribution in [-0.4, -0.2) is 10.7 Å². The minimum atomic E-state index is 0.835. The fourth-order valence-corrected chi connectivity index (χ4v) is 1.37. The zero-order valence-electron chi connectivity index (χ0n) is 6.74. The van der Waals surface area contributed by atoms with Crippen molar-refractivity contribution in [1.82, 2.24) is 0 Å². The maximum absolute atomic E-state index is 3.48. The molecule has 62 valence electrons. The normalized spacial score (nSPS) is 16.8. The van der Waals surface area contributed by atoms with Gasteiger partial charge in [-0.25, -0.2) is 0 Å². The number of rotatable bonds is 5. The lowest BCUT2D eigenvalue weighted by molar-refractivity contribution is 0.488. The lowest BCUT2D eigenvalue weighted by Gasteiger charge is -2.10. The van der Waals surface area contributed by atoms with Gasteiger partial charge in [0.15, 0.2) is 0 Å². The summed E-state index contributed by atoms with van der Waals surface area (Å²) in [6, 6.07) is 0. The van der Waals surface area contributed by atoms with E-state index in [4.69, 9.17) is 0 Å². The van der Waals surface area contributed by atoms with Crippen molar-refractivity contribution in [3.8, 4) is 0 Å². The maximum Gasteiger partial charge on any atom is 0.00570 e. The summed E-state index contributed by atoms with van der Waals surface area (Å²) < 4.78 is 0. The van der Waals surface area contributed by atoms with Gasteiger partial charge < -0.3 is 0 Å². The molecule has 0 saturated heterocycles. The zero-order valence-corrected chi connectivity index (χ0v) is 9.91. The molecule has 0 aliphatic rings. The Morgan fingerprint density at radius 2 is 1.20 bits per heavy atom. The molecule has 0 heterocycles. The fourth-order valence-electron chi connectivity index (χ4n) is 0.723.